The van der Waals surface area contributed by atoms with Crippen LogP contribution in [-0.4, -0.2) is 34.6 Å². The minimum atomic E-state index is -0.259. The Morgan fingerprint density at radius 2 is 1.63 bits per heavy atom. The van der Waals surface area contributed by atoms with Crippen molar-refractivity contribution in [2.45, 2.75) is 26.3 Å². The molecule has 140 valence electrons. The number of carbonyl (C=O) groups is 1. The highest BCUT2D eigenvalue weighted by Crippen LogP contribution is 2.24. The summed E-state index contributed by atoms with van der Waals surface area (Å²) >= 11 is 0. The highest BCUT2D eigenvalue weighted by atomic mass is 16.2. The van der Waals surface area contributed by atoms with E-state index in [2.05, 4.69) is 20.9 Å². The largest absolute Gasteiger partial charge is 0.368 e. The molecule has 0 aliphatic heterocycles. The van der Waals surface area contributed by atoms with Gasteiger partial charge < -0.3 is 16.0 Å². The first-order chi connectivity index (χ1) is 12.9. The van der Waals surface area contributed by atoms with Gasteiger partial charge in [0.1, 0.15) is 5.82 Å². The summed E-state index contributed by atoms with van der Waals surface area (Å²) < 4.78 is 0. The van der Waals surface area contributed by atoms with Crippen LogP contribution < -0.4 is 16.0 Å². The molecular formula is C21H25N5O. The predicted octanol–water partition coefficient (Wildman–Crippen LogP) is 3.81. The Labute approximate surface area is 159 Å². The van der Waals surface area contributed by atoms with E-state index in [1.807, 2.05) is 75.4 Å². The van der Waals surface area contributed by atoms with Crippen molar-refractivity contribution >= 4 is 22.8 Å². The lowest BCUT2D eigenvalue weighted by molar-refractivity contribution is 0.232. The topological polar surface area (TPSA) is 78.9 Å². The number of amides is 2. The van der Waals surface area contributed by atoms with Crippen LogP contribution >= 0.6 is 0 Å². The zero-order valence-corrected chi connectivity index (χ0v) is 15.9. The quantitative estimate of drug-likeness (QED) is 0.602. The van der Waals surface area contributed by atoms with Crippen LogP contribution in [0.1, 0.15) is 20.8 Å². The van der Waals surface area contributed by atoms with Gasteiger partial charge in [-0.05, 0) is 32.9 Å². The highest BCUT2D eigenvalue weighted by molar-refractivity contribution is 5.90. The van der Waals surface area contributed by atoms with E-state index in [0.717, 1.165) is 22.3 Å². The van der Waals surface area contributed by atoms with Crippen molar-refractivity contribution in [1.29, 1.82) is 0 Å². The summed E-state index contributed by atoms with van der Waals surface area (Å²) in [5.74, 6) is 1.44. The van der Waals surface area contributed by atoms with Crippen molar-refractivity contribution in [3.8, 4) is 11.4 Å². The zero-order chi connectivity index (χ0) is 19.3. The summed E-state index contributed by atoms with van der Waals surface area (Å²) in [6.07, 6.45) is 0. The van der Waals surface area contributed by atoms with Crippen LogP contribution in [0.3, 0.4) is 0 Å². The molecule has 1 aromatic heterocycles. The van der Waals surface area contributed by atoms with Crippen LogP contribution in [0.2, 0.25) is 0 Å². The second-order valence-corrected chi connectivity index (χ2v) is 7.34. The van der Waals surface area contributed by atoms with Crippen molar-refractivity contribution in [2.75, 3.05) is 18.4 Å². The van der Waals surface area contributed by atoms with Gasteiger partial charge in [0.05, 0.1) is 5.52 Å². The van der Waals surface area contributed by atoms with Crippen LogP contribution in [0.25, 0.3) is 22.3 Å². The number of nitrogens with one attached hydrogen (secondary N) is 3. The smallest absolute Gasteiger partial charge is 0.315 e. The highest BCUT2D eigenvalue weighted by Gasteiger charge is 2.13. The molecule has 0 aliphatic rings. The van der Waals surface area contributed by atoms with E-state index in [9.17, 15) is 4.79 Å². The lowest BCUT2D eigenvalue weighted by atomic mass is 10.1. The van der Waals surface area contributed by atoms with Gasteiger partial charge in [0.15, 0.2) is 5.82 Å². The summed E-state index contributed by atoms with van der Waals surface area (Å²) in [4.78, 5) is 21.2. The molecule has 6 nitrogen and oxygen atoms in total. The maximum Gasteiger partial charge on any atom is 0.315 e. The summed E-state index contributed by atoms with van der Waals surface area (Å²) in [7, 11) is 0. The maximum atomic E-state index is 11.8. The van der Waals surface area contributed by atoms with Crippen LogP contribution in [0.4, 0.5) is 10.6 Å². The molecule has 3 N–H and O–H groups in total. The number of hydrogen-bond acceptors (Lipinski definition) is 4. The molecule has 0 unspecified atom stereocenters. The molecule has 0 saturated carbocycles. The van der Waals surface area contributed by atoms with E-state index in [-0.39, 0.29) is 11.6 Å². The standard InChI is InChI=1S/C21H25N5O/c1-21(2,3)26-20(27)23-14-13-22-19-16-11-7-8-12-17(16)24-18(25-19)15-9-5-4-6-10-15/h4-12H,13-14H2,1-3H3,(H,22,24,25)(H2,23,26,27). The third kappa shape index (κ3) is 5.17. The molecule has 0 aliphatic carbocycles. The Kier molecular flexibility index (Phi) is 5.54. The number of aromatic nitrogens is 2. The number of anilines is 1. The SMILES string of the molecule is CC(C)(C)NC(=O)NCCNc1nc(-c2ccccc2)nc2ccccc12. The molecule has 0 fully saturated rings. The molecule has 3 aromatic rings. The monoisotopic (exact) mass is 363 g/mol. The van der Waals surface area contributed by atoms with Gasteiger partial charge in [0, 0.05) is 29.6 Å². The molecule has 6 heteroatoms. The molecule has 2 aromatic carbocycles. The normalized spacial score (nSPS) is 11.2. The van der Waals surface area contributed by atoms with Crippen molar-refractivity contribution < 1.29 is 4.79 Å². The fourth-order valence-corrected chi connectivity index (χ4v) is 2.67. The minimum Gasteiger partial charge on any atom is -0.368 e. The van der Waals surface area contributed by atoms with Gasteiger partial charge in [0.2, 0.25) is 0 Å². The fourth-order valence-electron chi connectivity index (χ4n) is 2.67. The van der Waals surface area contributed by atoms with E-state index in [1.165, 1.54) is 0 Å². The minimum absolute atomic E-state index is 0.179. The van der Waals surface area contributed by atoms with Crippen molar-refractivity contribution in [3.63, 3.8) is 0 Å². The zero-order valence-electron chi connectivity index (χ0n) is 15.9. The number of benzene rings is 2. The van der Waals surface area contributed by atoms with E-state index in [1.54, 1.807) is 0 Å². The Hall–Kier alpha value is -3.15. The number of nitrogens with zero attached hydrogens (tertiary/aromatic N) is 2. The molecule has 0 saturated heterocycles. The Morgan fingerprint density at radius 3 is 2.37 bits per heavy atom. The van der Waals surface area contributed by atoms with Gasteiger partial charge in [-0.25, -0.2) is 14.8 Å². The van der Waals surface area contributed by atoms with Gasteiger partial charge in [-0.1, -0.05) is 42.5 Å². The first-order valence-electron chi connectivity index (χ1n) is 9.04. The third-order valence-electron chi connectivity index (χ3n) is 3.83. The van der Waals surface area contributed by atoms with Crippen LogP contribution in [-0.2, 0) is 0 Å². The Balaban J connectivity index is 1.73. The summed E-state index contributed by atoms with van der Waals surface area (Å²) in [6, 6.07) is 17.6. The fraction of sp³-hybridized carbons (Fsp3) is 0.286. The van der Waals surface area contributed by atoms with Crippen LogP contribution in [0.15, 0.2) is 54.6 Å². The average molecular weight is 363 g/mol. The molecule has 3 rings (SSSR count). The molecule has 2 amide bonds. The average Bonchev–Trinajstić information content (AvgIpc) is 2.64. The van der Waals surface area contributed by atoms with Gasteiger partial charge >= 0.3 is 6.03 Å². The Morgan fingerprint density at radius 1 is 0.926 bits per heavy atom. The third-order valence-corrected chi connectivity index (χ3v) is 3.83. The number of hydrogen-bond donors (Lipinski definition) is 3. The molecule has 0 spiro atoms. The predicted molar refractivity (Wildman–Crippen MR) is 110 cm³/mol. The van der Waals surface area contributed by atoms with E-state index in [0.29, 0.717) is 18.9 Å². The number of para-hydroxylation sites is 1. The molecule has 1 heterocycles. The van der Waals surface area contributed by atoms with Gasteiger partial charge in [0.25, 0.3) is 0 Å². The van der Waals surface area contributed by atoms with Gasteiger partial charge in [-0.15, -0.1) is 0 Å². The van der Waals surface area contributed by atoms with E-state index >= 15 is 0 Å². The summed E-state index contributed by atoms with van der Waals surface area (Å²) in [5, 5.41) is 10.00. The number of fused-ring (bicyclic) bond motifs is 1. The summed E-state index contributed by atoms with van der Waals surface area (Å²) in [6.45, 7) is 6.89. The van der Waals surface area contributed by atoms with Gasteiger partial charge in [-0.2, -0.15) is 0 Å². The second kappa shape index (κ2) is 8.03. The molecular weight excluding hydrogens is 338 g/mol. The lowest BCUT2D eigenvalue weighted by Gasteiger charge is -2.20. The number of rotatable bonds is 5. The van der Waals surface area contributed by atoms with E-state index < -0.39 is 0 Å². The van der Waals surface area contributed by atoms with E-state index in [4.69, 9.17) is 4.98 Å². The number of carbonyl (C=O) groups excluding carboxylic acids is 1. The molecule has 0 bridgehead atoms. The van der Waals surface area contributed by atoms with Crippen LogP contribution in [0, 0.1) is 0 Å². The van der Waals surface area contributed by atoms with Crippen molar-refractivity contribution in [2.24, 2.45) is 0 Å². The van der Waals surface area contributed by atoms with Gasteiger partial charge in [-0.3, -0.25) is 0 Å². The second-order valence-electron chi connectivity index (χ2n) is 7.34. The summed E-state index contributed by atoms with van der Waals surface area (Å²) in [5.41, 5.74) is 1.59. The van der Waals surface area contributed by atoms with Crippen molar-refractivity contribution in [3.05, 3.63) is 54.6 Å². The first kappa shape index (κ1) is 18.6. The van der Waals surface area contributed by atoms with Crippen molar-refractivity contribution in [1.82, 2.24) is 20.6 Å². The lowest BCUT2D eigenvalue weighted by Crippen LogP contribution is -2.47. The maximum absolute atomic E-state index is 11.8. The Bertz CT molecular complexity index is 919. The van der Waals surface area contributed by atoms with Crippen LogP contribution in [0.5, 0.6) is 0 Å². The number of urea groups is 1. The first-order valence-corrected chi connectivity index (χ1v) is 9.04. The molecule has 0 atom stereocenters. The molecule has 0 radical (unpaired) electrons. The molecule has 27 heavy (non-hydrogen) atoms.